The lowest BCUT2D eigenvalue weighted by Crippen LogP contribution is -2.34. The van der Waals surface area contributed by atoms with Crippen LogP contribution in [-0.4, -0.2) is 25.1 Å². The first-order valence-corrected chi connectivity index (χ1v) is 4.03. The van der Waals surface area contributed by atoms with E-state index in [4.69, 9.17) is 10.1 Å². The highest BCUT2D eigenvalue weighted by Crippen LogP contribution is 1.89. The van der Waals surface area contributed by atoms with Gasteiger partial charge in [-0.15, -0.1) is 0 Å². The van der Waals surface area contributed by atoms with Crippen LogP contribution in [0.25, 0.3) is 0 Å². The molecule has 1 unspecified atom stereocenters. The molecule has 0 spiro atoms. The maximum absolute atomic E-state index is 6.76. The molecule has 11 heavy (non-hydrogen) atoms. The molecular weight excluding hydrogens is 140 g/mol. The van der Waals surface area contributed by atoms with Crippen LogP contribution in [0.4, 0.5) is 0 Å². The van der Waals surface area contributed by atoms with Crippen molar-refractivity contribution in [2.45, 2.75) is 39.5 Å². The van der Waals surface area contributed by atoms with Crippen LogP contribution >= 0.6 is 0 Å². The highest BCUT2D eigenvalue weighted by molar-refractivity contribution is 5.52. The summed E-state index contributed by atoms with van der Waals surface area (Å²) in [5.41, 5.74) is 0. The molecular formula is C8H18N2O. The Balaban J connectivity index is 3.21. The number of hydrogen-bond acceptors (Lipinski definition) is 3. The molecule has 66 valence electrons. The van der Waals surface area contributed by atoms with Crippen LogP contribution in [0.5, 0.6) is 0 Å². The zero-order chi connectivity index (χ0) is 8.69. The summed E-state index contributed by atoms with van der Waals surface area (Å²) < 4.78 is 5.33. The van der Waals surface area contributed by atoms with Gasteiger partial charge in [0.15, 0.2) is 0 Å². The molecule has 0 aliphatic rings. The smallest absolute Gasteiger partial charge is 0.105 e. The lowest BCUT2D eigenvalue weighted by molar-refractivity contribution is 0.0420. The Morgan fingerprint density at radius 1 is 1.45 bits per heavy atom. The van der Waals surface area contributed by atoms with Crippen molar-refractivity contribution in [1.82, 2.24) is 5.32 Å². The molecule has 0 aromatic rings. The quantitative estimate of drug-likeness (QED) is 0.348. The Hall–Kier alpha value is -0.410. The first-order chi connectivity index (χ1) is 5.16. The van der Waals surface area contributed by atoms with Gasteiger partial charge in [0.25, 0.3) is 0 Å². The Labute approximate surface area is 68.6 Å². The van der Waals surface area contributed by atoms with Crippen molar-refractivity contribution in [1.29, 1.82) is 5.41 Å². The van der Waals surface area contributed by atoms with E-state index in [-0.39, 0.29) is 6.23 Å². The van der Waals surface area contributed by atoms with E-state index in [1.54, 1.807) is 0 Å². The van der Waals surface area contributed by atoms with Crippen LogP contribution < -0.4 is 5.32 Å². The summed E-state index contributed by atoms with van der Waals surface area (Å²) in [7, 11) is 0. The molecule has 0 bridgehead atoms. The van der Waals surface area contributed by atoms with Crippen molar-refractivity contribution < 1.29 is 4.74 Å². The van der Waals surface area contributed by atoms with Crippen molar-refractivity contribution in [2.24, 2.45) is 0 Å². The summed E-state index contributed by atoms with van der Waals surface area (Å²) in [6.07, 6.45) is 2.15. The Morgan fingerprint density at radius 3 is 2.55 bits per heavy atom. The van der Waals surface area contributed by atoms with Crippen LogP contribution in [-0.2, 0) is 4.74 Å². The minimum Gasteiger partial charge on any atom is -0.363 e. The fourth-order valence-corrected chi connectivity index (χ4v) is 0.821. The second-order valence-corrected chi connectivity index (χ2v) is 2.83. The van der Waals surface area contributed by atoms with Crippen molar-refractivity contribution in [2.75, 3.05) is 6.61 Å². The summed E-state index contributed by atoms with van der Waals surface area (Å²) in [5, 5.41) is 9.97. The van der Waals surface area contributed by atoms with E-state index in [1.165, 1.54) is 6.21 Å². The predicted molar refractivity (Wildman–Crippen MR) is 47.1 cm³/mol. The number of rotatable bonds is 6. The highest BCUT2D eigenvalue weighted by atomic mass is 16.5. The van der Waals surface area contributed by atoms with E-state index in [0.717, 1.165) is 0 Å². The van der Waals surface area contributed by atoms with E-state index in [2.05, 4.69) is 19.2 Å². The lowest BCUT2D eigenvalue weighted by Gasteiger charge is -2.16. The molecule has 0 aliphatic carbocycles. The van der Waals surface area contributed by atoms with Crippen LogP contribution in [0, 0.1) is 5.41 Å². The van der Waals surface area contributed by atoms with Gasteiger partial charge in [-0.3, -0.25) is 5.32 Å². The molecule has 0 saturated carbocycles. The predicted octanol–water partition coefficient (Wildman–Crippen LogP) is 1.39. The molecule has 0 aromatic carbocycles. The third-order valence-electron chi connectivity index (χ3n) is 1.20. The molecule has 3 heteroatoms. The van der Waals surface area contributed by atoms with Gasteiger partial charge in [0.1, 0.15) is 6.23 Å². The molecule has 0 aliphatic heterocycles. The zero-order valence-corrected chi connectivity index (χ0v) is 7.55. The van der Waals surface area contributed by atoms with Gasteiger partial charge in [0, 0.05) is 12.5 Å². The highest BCUT2D eigenvalue weighted by Gasteiger charge is 2.01. The maximum Gasteiger partial charge on any atom is 0.105 e. The normalized spacial score (nSPS) is 13.5. The molecule has 0 saturated heterocycles. The van der Waals surface area contributed by atoms with Crippen LogP contribution in [0.1, 0.15) is 27.2 Å². The molecule has 1 atom stereocenters. The minimum atomic E-state index is 0.0925. The zero-order valence-electron chi connectivity index (χ0n) is 7.55. The third-order valence-corrected chi connectivity index (χ3v) is 1.20. The summed E-state index contributed by atoms with van der Waals surface area (Å²) >= 11 is 0. The molecule has 0 radical (unpaired) electrons. The van der Waals surface area contributed by atoms with E-state index < -0.39 is 0 Å². The van der Waals surface area contributed by atoms with Crippen molar-refractivity contribution in [3.63, 3.8) is 0 Å². The molecule has 0 fully saturated rings. The average molecular weight is 158 g/mol. The molecule has 0 heterocycles. The third kappa shape index (κ3) is 7.49. The SMILES string of the molecule is CC(C)NC(C)OCCC=N. The molecule has 0 amide bonds. The van der Waals surface area contributed by atoms with E-state index in [0.29, 0.717) is 19.1 Å². The summed E-state index contributed by atoms with van der Waals surface area (Å²) in [5.74, 6) is 0. The first-order valence-electron chi connectivity index (χ1n) is 4.03. The van der Waals surface area contributed by atoms with E-state index in [9.17, 15) is 0 Å². The average Bonchev–Trinajstić information content (AvgIpc) is 1.86. The van der Waals surface area contributed by atoms with Gasteiger partial charge < -0.3 is 10.1 Å². The monoisotopic (exact) mass is 158 g/mol. The minimum absolute atomic E-state index is 0.0925. The molecule has 0 aromatic heterocycles. The van der Waals surface area contributed by atoms with Gasteiger partial charge in [-0.25, -0.2) is 0 Å². The fraction of sp³-hybridized carbons (Fsp3) is 0.875. The van der Waals surface area contributed by atoms with Gasteiger partial charge in [-0.1, -0.05) is 0 Å². The van der Waals surface area contributed by atoms with Crippen molar-refractivity contribution in [3.05, 3.63) is 0 Å². The van der Waals surface area contributed by atoms with Crippen LogP contribution in [0.3, 0.4) is 0 Å². The van der Waals surface area contributed by atoms with E-state index >= 15 is 0 Å². The number of nitrogens with one attached hydrogen (secondary N) is 2. The maximum atomic E-state index is 6.76. The van der Waals surface area contributed by atoms with Crippen molar-refractivity contribution >= 4 is 6.21 Å². The summed E-state index contributed by atoms with van der Waals surface area (Å²) in [6, 6.07) is 0.449. The second-order valence-electron chi connectivity index (χ2n) is 2.83. The van der Waals surface area contributed by atoms with Gasteiger partial charge in [0.2, 0.25) is 0 Å². The van der Waals surface area contributed by atoms with Gasteiger partial charge in [0.05, 0.1) is 6.61 Å². The number of hydrogen-bond donors (Lipinski definition) is 2. The Kier molecular flexibility index (Phi) is 6.07. The molecule has 0 rings (SSSR count). The summed E-state index contributed by atoms with van der Waals surface area (Å²) in [6.45, 7) is 6.77. The number of ether oxygens (including phenoxy) is 1. The molecule has 2 N–H and O–H groups in total. The van der Waals surface area contributed by atoms with Gasteiger partial charge >= 0.3 is 0 Å². The summed E-state index contributed by atoms with van der Waals surface area (Å²) in [4.78, 5) is 0. The topological polar surface area (TPSA) is 45.1 Å². The van der Waals surface area contributed by atoms with Crippen LogP contribution in [0.2, 0.25) is 0 Å². The van der Waals surface area contributed by atoms with Crippen molar-refractivity contribution in [3.8, 4) is 0 Å². The Morgan fingerprint density at radius 2 is 2.09 bits per heavy atom. The standard InChI is InChI=1S/C8H18N2O/c1-7(2)10-8(3)11-6-4-5-9/h5,7-10H,4,6H2,1-3H3. The van der Waals surface area contributed by atoms with Crippen LogP contribution in [0.15, 0.2) is 0 Å². The first kappa shape index (κ1) is 10.6. The molecule has 3 nitrogen and oxygen atoms in total. The van der Waals surface area contributed by atoms with Gasteiger partial charge in [-0.05, 0) is 27.0 Å². The largest absolute Gasteiger partial charge is 0.363 e. The van der Waals surface area contributed by atoms with E-state index in [1.807, 2.05) is 6.92 Å². The van der Waals surface area contributed by atoms with Gasteiger partial charge in [-0.2, -0.15) is 0 Å². The lowest BCUT2D eigenvalue weighted by atomic mass is 10.4. The fourth-order valence-electron chi connectivity index (χ4n) is 0.821. The Bertz CT molecular complexity index is 104. The second kappa shape index (κ2) is 6.31.